The van der Waals surface area contributed by atoms with Crippen LogP contribution in [-0.2, 0) is 17.9 Å². The molecule has 0 aliphatic heterocycles. The van der Waals surface area contributed by atoms with Crippen molar-refractivity contribution >= 4 is 28.8 Å². The maximum atomic E-state index is 13.5. The molecule has 2 aromatic carbocycles. The summed E-state index contributed by atoms with van der Waals surface area (Å²) in [5.74, 6) is -0.977. The zero-order valence-corrected chi connectivity index (χ0v) is 19.5. The first-order valence-electron chi connectivity index (χ1n) is 10.9. The Hall–Kier alpha value is -3.59. The molecule has 0 saturated heterocycles. The molecular formula is C25H24FN3O4S. The zero-order valence-electron chi connectivity index (χ0n) is 18.6. The highest BCUT2D eigenvalue weighted by atomic mass is 32.1. The highest BCUT2D eigenvalue weighted by molar-refractivity contribution is 7.10. The maximum Gasteiger partial charge on any atom is 0.270 e. The molecule has 0 N–H and O–H groups in total. The third kappa shape index (κ3) is 5.66. The maximum absolute atomic E-state index is 13.5. The Morgan fingerprint density at radius 1 is 1.12 bits per heavy atom. The van der Waals surface area contributed by atoms with E-state index in [1.165, 1.54) is 41.3 Å². The van der Waals surface area contributed by atoms with Crippen molar-refractivity contribution in [2.75, 3.05) is 6.54 Å². The Morgan fingerprint density at radius 3 is 2.47 bits per heavy atom. The van der Waals surface area contributed by atoms with Crippen molar-refractivity contribution < 1.29 is 18.9 Å². The second kappa shape index (κ2) is 10.1. The molecule has 1 heterocycles. The fraction of sp³-hybridized carbons (Fsp3) is 0.280. The molecule has 34 heavy (non-hydrogen) atoms. The van der Waals surface area contributed by atoms with Crippen LogP contribution in [0.1, 0.15) is 39.2 Å². The summed E-state index contributed by atoms with van der Waals surface area (Å²) in [7, 11) is 0. The molecule has 7 nitrogen and oxygen atoms in total. The van der Waals surface area contributed by atoms with Crippen LogP contribution in [0.2, 0.25) is 0 Å². The lowest BCUT2D eigenvalue weighted by Gasteiger charge is -2.28. The molecule has 1 aromatic heterocycles. The van der Waals surface area contributed by atoms with Crippen LogP contribution in [0.15, 0.2) is 60.0 Å². The van der Waals surface area contributed by atoms with E-state index in [1.807, 2.05) is 18.4 Å². The molecule has 1 aliphatic rings. The molecule has 0 radical (unpaired) electrons. The van der Waals surface area contributed by atoms with Crippen LogP contribution in [0, 0.1) is 22.9 Å². The fourth-order valence-electron chi connectivity index (χ4n) is 3.70. The summed E-state index contributed by atoms with van der Waals surface area (Å²) in [5.41, 5.74) is 1.88. The van der Waals surface area contributed by atoms with Gasteiger partial charge in [0.05, 0.1) is 11.5 Å². The summed E-state index contributed by atoms with van der Waals surface area (Å²) in [4.78, 5) is 41.5. The fourth-order valence-corrected chi connectivity index (χ4v) is 4.62. The SMILES string of the molecule is Cc1ccsc1CN(Cc1ccc(F)cc1)C(=O)CN(C(=O)c1cccc([N+](=O)[O-])c1)C1CC1. The number of carbonyl (C=O) groups is 2. The predicted molar refractivity (Wildman–Crippen MR) is 127 cm³/mol. The minimum absolute atomic E-state index is 0.0631. The van der Waals surface area contributed by atoms with E-state index < -0.39 is 10.8 Å². The number of halogens is 1. The molecule has 0 spiro atoms. The minimum Gasteiger partial charge on any atom is -0.332 e. The molecule has 9 heteroatoms. The van der Waals surface area contributed by atoms with Crippen LogP contribution >= 0.6 is 11.3 Å². The van der Waals surface area contributed by atoms with Crippen molar-refractivity contribution in [3.8, 4) is 0 Å². The summed E-state index contributed by atoms with van der Waals surface area (Å²) in [5, 5.41) is 13.1. The number of carbonyl (C=O) groups excluding carboxylic acids is 2. The van der Waals surface area contributed by atoms with Gasteiger partial charge in [0.25, 0.3) is 11.6 Å². The molecule has 0 atom stereocenters. The van der Waals surface area contributed by atoms with Crippen molar-refractivity contribution in [2.45, 2.75) is 38.9 Å². The van der Waals surface area contributed by atoms with E-state index >= 15 is 0 Å². The number of nitro benzene ring substituents is 1. The van der Waals surface area contributed by atoms with Gasteiger partial charge < -0.3 is 9.80 Å². The molecule has 3 aromatic rings. The summed E-state index contributed by atoms with van der Waals surface area (Å²) < 4.78 is 13.4. The molecule has 1 aliphatic carbocycles. The average molecular weight is 482 g/mol. The van der Waals surface area contributed by atoms with Gasteiger partial charge in [-0.1, -0.05) is 18.2 Å². The van der Waals surface area contributed by atoms with Crippen LogP contribution in [0.25, 0.3) is 0 Å². The Morgan fingerprint density at radius 2 is 1.85 bits per heavy atom. The number of amides is 2. The number of hydrogen-bond acceptors (Lipinski definition) is 5. The topological polar surface area (TPSA) is 83.8 Å². The van der Waals surface area contributed by atoms with Crippen LogP contribution in [-0.4, -0.2) is 39.1 Å². The molecule has 4 rings (SSSR count). The van der Waals surface area contributed by atoms with Gasteiger partial charge in [0.2, 0.25) is 5.91 Å². The smallest absolute Gasteiger partial charge is 0.270 e. The lowest BCUT2D eigenvalue weighted by atomic mass is 10.1. The Kier molecular flexibility index (Phi) is 7.02. The molecule has 2 amide bonds. The second-order valence-corrected chi connectivity index (χ2v) is 9.38. The largest absolute Gasteiger partial charge is 0.332 e. The van der Waals surface area contributed by atoms with E-state index in [9.17, 15) is 24.1 Å². The third-order valence-corrected chi connectivity index (χ3v) is 6.81. The monoisotopic (exact) mass is 481 g/mol. The van der Waals surface area contributed by atoms with Gasteiger partial charge in [-0.3, -0.25) is 19.7 Å². The van der Waals surface area contributed by atoms with Gasteiger partial charge in [0.1, 0.15) is 12.4 Å². The summed E-state index contributed by atoms with van der Waals surface area (Å²) in [6.07, 6.45) is 1.58. The zero-order chi connectivity index (χ0) is 24.2. The van der Waals surface area contributed by atoms with Gasteiger partial charge in [-0.05, 0) is 60.5 Å². The Balaban J connectivity index is 1.56. The first-order valence-corrected chi connectivity index (χ1v) is 11.8. The van der Waals surface area contributed by atoms with E-state index in [-0.39, 0.29) is 42.1 Å². The Labute approximate surface area is 200 Å². The van der Waals surface area contributed by atoms with Gasteiger partial charge in [-0.15, -0.1) is 11.3 Å². The van der Waals surface area contributed by atoms with Gasteiger partial charge >= 0.3 is 0 Å². The van der Waals surface area contributed by atoms with E-state index in [4.69, 9.17) is 0 Å². The van der Waals surface area contributed by atoms with Crippen molar-refractivity contribution in [1.82, 2.24) is 9.80 Å². The quantitative estimate of drug-likeness (QED) is 0.320. The highest BCUT2D eigenvalue weighted by Gasteiger charge is 2.35. The number of rotatable bonds is 9. The number of benzene rings is 2. The van der Waals surface area contributed by atoms with Crippen LogP contribution in [0.5, 0.6) is 0 Å². The third-order valence-electron chi connectivity index (χ3n) is 5.80. The van der Waals surface area contributed by atoms with E-state index in [0.717, 1.165) is 28.8 Å². The van der Waals surface area contributed by atoms with E-state index in [0.29, 0.717) is 6.54 Å². The van der Waals surface area contributed by atoms with Gasteiger partial charge in [0, 0.05) is 35.2 Å². The molecule has 176 valence electrons. The standard InChI is InChI=1S/C25H24FN3O4S/c1-17-11-12-34-23(17)15-27(14-18-5-7-20(26)8-6-18)24(30)16-28(21-9-10-21)25(31)19-3-2-4-22(13-19)29(32)33/h2-8,11-13,21H,9-10,14-16H2,1H3. The lowest BCUT2D eigenvalue weighted by Crippen LogP contribution is -2.43. The van der Waals surface area contributed by atoms with Gasteiger partial charge in [-0.2, -0.15) is 0 Å². The predicted octanol–water partition coefficient (Wildman–Crippen LogP) is 4.94. The summed E-state index contributed by atoms with van der Waals surface area (Å²) in [6, 6.07) is 13.5. The number of hydrogen-bond donors (Lipinski definition) is 0. The van der Waals surface area contributed by atoms with Crippen molar-refractivity contribution in [3.05, 3.63) is 97.5 Å². The van der Waals surface area contributed by atoms with Crippen LogP contribution in [0.4, 0.5) is 10.1 Å². The average Bonchev–Trinajstić information content (AvgIpc) is 3.59. The normalized spacial score (nSPS) is 12.9. The van der Waals surface area contributed by atoms with Gasteiger partial charge in [-0.25, -0.2) is 4.39 Å². The highest BCUT2D eigenvalue weighted by Crippen LogP contribution is 2.29. The van der Waals surface area contributed by atoms with Crippen molar-refractivity contribution in [2.24, 2.45) is 0 Å². The Bertz CT molecular complexity index is 1210. The van der Waals surface area contributed by atoms with E-state index in [2.05, 4.69) is 0 Å². The second-order valence-electron chi connectivity index (χ2n) is 8.37. The first kappa shape index (κ1) is 23.6. The summed E-state index contributed by atoms with van der Waals surface area (Å²) in [6.45, 7) is 2.51. The van der Waals surface area contributed by atoms with Crippen molar-refractivity contribution in [3.63, 3.8) is 0 Å². The van der Waals surface area contributed by atoms with Crippen LogP contribution < -0.4 is 0 Å². The molecule has 0 unspecified atom stereocenters. The minimum atomic E-state index is -0.544. The van der Waals surface area contributed by atoms with E-state index in [1.54, 1.807) is 28.4 Å². The summed E-state index contributed by atoms with van der Waals surface area (Å²) >= 11 is 1.56. The van der Waals surface area contributed by atoms with Crippen LogP contribution in [0.3, 0.4) is 0 Å². The number of non-ortho nitro benzene ring substituents is 1. The number of thiophene rings is 1. The lowest BCUT2D eigenvalue weighted by molar-refractivity contribution is -0.384. The molecule has 1 saturated carbocycles. The van der Waals surface area contributed by atoms with Gasteiger partial charge in [0.15, 0.2) is 0 Å². The molecule has 0 bridgehead atoms. The first-order chi connectivity index (χ1) is 16.3. The van der Waals surface area contributed by atoms with Crippen molar-refractivity contribution in [1.29, 1.82) is 0 Å². The number of nitro groups is 1. The number of aryl methyl sites for hydroxylation is 1. The number of nitrogens with zero attached hydrogens (tertiary/aromatic N) is 3. The molecular weight excluding hydrogens is 457 g/mol. The molecule has 1 fully saturated rings.